The first kappa shape index (κ1) is 13.9. The molecule has 3 N–H and O–H groups in total. The number of carboxylic acids is 1. The van der Waals surface area contributed by atoms with Gasteiger partial charge in [0.2, 0.25) is 15.9 Å². The number of rotatable bonds is 4. The Hall–Kier alpha value is -1.15. The maximum Gasteiger partial charge on any atom is 0.329 e. The highest BCUT2D eigenvalue weighted by atomic mass is 32.2. The van der Waals surface area contributed by atoms with Gasteiger partial charge in [-0.05, 0) is 13.8 Å². The van der Waals surface area contributed by atoms with Crippen molar-refractivity contribution in [1.82, 2.24) is 4.90 Å². The van der Waals surface area contributed by atoms with Crippen LogP contribution < -0.4 is 5.14 Å². The average Bonchev–Trinajstić information content (AvgIpc) is 2.43. The molecule has 1 aliphatic heterocycles. The Bertz CT molecular complexity index is 442. The van der Waals surface area contributed by atoms with E-state index in [1.165, 1.54) is 18.7 Å². The summed E-state index contributed by atoms with van der Waals surface area (Å²) in [6.45, 7) is 2.92. The van der Waals surface area contributed by atoms with Gasteiger partial charge in [0, 0.05) is 18.9 Å². The third kappa shape index (κ3) is 3.16. The minimum atomic E-state index is -3.65. The molecule has 1 atom stereocenters. The summed E-state index contributed by atoms with van der Waals surface area (Å²) in [5.74, 6) is -2.21. The lowest BCUT2D eigenvalue weighted by Gasteiger charge is -2.31. The molecule has 0 spiro atoms. The highest BCUT2D eigenvalue weighted by molar-refractivity contribution is 7.89. The second-order valence-corrected chi connectivity index (χ2v) is 6.43. The molecule has 1 fully saturated rings. The zero-order chi connectivity index (χ0) is 13.4. The van der Waals surface area contributed by atoms with Gasteiger partial charge in [-0.25, -0.2) is 18.4 Å². The SMILES string of the molecule is CC(C)(C(=O)O)N1CC(CS(N)(=O)=O)CC1=O. The standard InChI is InChI=1S/C9H16N2O5S/c1-9(2,8(13)14)11-4-6(3-7(11)12)5-17(10,15)16/h6H,3-5H2,1-2H3,(H,13,14)(H2,10,15,16). The number of carboxylic acid groups (broad SMARTS) is 1. The molecule has 1 amide bonds. The van der Waals surface area contributed by atoms with Gasteiger partial charge in [-0.15, -0.1) is 0 Å². The van der Waals surface area contributed by atoms with Crippen LogP contribution in [-0.4, -0.2) is 48.1 Å². The molecule has 98 valence electrons. The maximum atomic E-state index is 11.6. The monoisotopic (exact) mass is 264 g/mol. The van der Waals surface area contributed by atoms with E-state index in [1.807, 2.05) is 0 Å². The van der Waals surface area contributed by atoms with Gasteiger partial charge in [0.05, 0.1) is 5.75 Å². The van der Waals surface area contributed by atoms with Crippen LogP contribution in [0.15, 0.2) is 0 Å². The van der Waals surface area contributed by atoms with E-state index in [1.54, 1.807) is 0 Å². The van der Waals surface area contributed by atoms with Crippen LogP contribution >= 0.6 is 0 Å². The van der Waals surface area contributed by atoms with Crippen LogP contribution in [0.1, 0.15) is 20.3 Å². The van der Waals surface area contributed by atoms with Crippen LogP contribution in [0.25, 0.3) is 0 Å². The summed E-state index contributed by atoms with van der Waals surface area (Å²) >= 11 is 0. The van der Waals surface area contributed by atoms with Gasteiger partial charge in [0.25, 0.3) is 0 Å². The van der Waals surface area contributed by atoms with Crippen molar-refractivity contribution in [1.29, 1.82) is 0 Å². The van der Waals surface area contributed by atoms with Crippen LogP contribution in [0.4, 0.5) is 0 Å². The Kier molecular flexibility index (Phi) is 3.49. The van der Waals surface area contributed by atoms with Gasteiger partial charge in [-0.2, -0.15) is 0 Å². The first-order valence-corrected chi connectivity index (χ1v) is 6.80. The van der Waals surface area contributed by atoms with E-state index in [0.29, 0.717) is 0 Å². The Labute approximate surface area is 99.6 Å². The molecule has 0 bridgehead atoms. The predicted molar refractivity (Wildman–Crippen MR) is 59.5 cm³/mol. The molecule has 1 aliphatic rings. The summed E-state index contributed by atoms with van der Waals surface area (Å²) in [4.78, 5) is 23.8. The quantitative estimate of drug-likeness (QED) is 0.674. The van der Waals surface area contributed by atoms with E-state index in [2.05, 4.69) is 0 Å². The van der Waals surface area contributed by atoms with Crippen LogP contribution in [-0.2, 0) is 19.6 Å². The van der Waals surface area contributed by atoms with E-state index in [-0.39, 0.29) is 24.6 Å². The molecule has 1 unspecified atom stereocenters. The lowest BCUT2D eigenvalue weighted by atomic mass is 10.0. The molecule has 0 aromatic carbocycles. The Morgan fingerprint density at radius 3 is 2.53 bits per heavy atom. The van der Waals surface area contributed by atoms with Crippen LogP contribution in [0.3, 0.4) is 0 Å². The molecule has 0 saturated carbocycles. The van der Waals surface area contributed by atoms with E-state index >= 15 is 0 Å². The molecule has 0 radical (unpaired) electrons. The number of aliphatic carboxylic acids is 1. The first-order valence-electron chi connectivity index (χ1n) is 5.08. The summed E-state index contributed by atoms with van der Waals surface area (Å²) in [7, 11) is -3.65. The highest BCUT2D eigenvalue weighted by Gasteiger charge is 2.43. The number of sulfonamides is 1. The van der Waals surface area contributed by atoms with Crippen molar-refractivity contribution in [2.45, 2.75) is 25.8 Å². The van der Waals surface area contributed by atoms with Crippen molar-refractivity contribution in [3.63, 3.8) is 0 Å². The number of hydrogen-bond acceptors (Lipinski definition) is 4. The Balaban J connectivity index is 2.81. The molecule has 7 nitrogen and oxygen atoms in total. The van der Waals surface area contributed by atoms with Gasteiger partial charge in [-0.3, -0.25) is 4.79 Å². The molecule has 8 heteroatoms. The third-order valence-corrected chi connectivity index (χ3v) is 3.81. The van der Waals surface area contributed by atoms with Crippen molar-refractivity contribution in [3.8, 4) is 0 Å². The zero-order valence-corrected chi connectivity index (χ0v) is 10.5. The minimum absolute atomic E-state index is 0.0210. The summed E-state index contributed by atoms with van der Waals surface area (Å²) in [6, 6.07) is 0. The Morgan fingerprint density at radius 1 is 1.59 bits per heavy atom. The topological polar surface area (TPSA) is 118 Å². The maximum absolute atomic E-state index is 11.6. The largest absolute Gasteiger partial charge is 0.480 e. The number of likely N-dealkylation sites (tertiary alicyclic amines) is 1. The van der Waals surface area contributed by atoms with E-state index in [0.717, 1.165) is 0 Å². The molecular weight excluding hydrogens is 248 g/mol. The number of primary sulfonamides is 1. The third-order valence-electron chi connectivity index (χ3n) is 2.87. The molecule has 0 aliphatic carbocycles. The van der Waals surface area contributed by atoms with Crippen LogP contribution in [0.5, 0.6) is 0 Å². The van der Waals surface area contributed by atoms with Gasteiger partial charge >= 0.3 is 5.97 Å². The number of nitrogens with two attached hydrogens (primary N) is 1. The van der Waals surface area contributed by atoms with E-state index in [4.69, 9.17) is 10.2 Å². The van der Waals surface area contributed by atoms with Crippen LogP contribution in [0.2, 0.25) is 0 Å². The molecule has 1 heterocycles. The molecular formula is C9H16N2O5S. The van der Waals surface area contributed by atoms with Crippen LogP contribution in [0, 0.1) is 5.92 Å². The van der Waals surface area contributed by atoms with Crippen molar-refractivity contribution in [2.75, 3.05) is 12.3 Å². The lowest BCUT2D eigenvalue weighted by Crippen LogP contribution is -2.51. The zero-order valence-electron chi connectivity index (χ0n) is 9.71. The summed E-state index contributed by atoms with van der Waals surface area (Å²) < 4.78 is 21.8. The number of nitrogens with zero attached hydrogens (tertiary/aromatic N) is 1. The van der Waals surface area contributed by atoms with Gasteiger partial charge in [-0.1, -0.05) is 0 Å². The molecule has 0 aromatic heterocycles. The highest BCUT2D eigenvalue weighted by Crippen LogP contribution is 2.26. The molecule has 17 heavy (non-hydrogen) atoms. The molecule has 0 aromatic rings. The molecule has 1 saturated heterocycles. The average molecular weight is 264 g/mol. The summed E-state index contributed by atoms with van der Waals surface area (Å²) in [5, 5.41) is 13.9. The number of amides is 1. The number of carbonyl (C=O) groups excluding carboxylic acids is 1. The summed E-state index contributed by atoms with van der Waals surface area (Å²) in [6.07, 6.45) is 0.0210. The fraction of sp³-hybridized carbons (Fsp3) is 0.778. The predicted octanol–water partition coefficient (Wildman–Crippen LogP) is -1.01. The normalized spacial score (nSPS) is 21.9. The molecule has 1 rings (SSSR count). The second kappa shape index (κ2) is 4.26. The number of carbonyl (C=O) groups is 2. The first-order chi connectivity index (χ1) is 7.54. The van der Waals surface area contributed by atoms with Crippen molar-refractivity contribution >= 4 is 21.9 Å². The van der Waals surface area contributed by atoms with Crippen molar-refractivity contribution in [3.05, 3.63) is 0 Å². The fourth-order valence-electron chi connectivity index (χ4n) is 1.88. The van der Waals surface area contributed by atoms with Gasteiger partial charge in [0.1, 0.15) is 5.54 Å². The Morgan fingerprint density at radius 2 is 2.12 bits per heavy atom. The smallest absolute Gasteiger partial charge is 0.329 e. The van der Waals surface area contributed by atoms with Gasteiger partial charge in [0.15, 0.2) is 0 Å². The number of hydrogen-bond donors (Lipinski definition) is 2. The summed E-state index contributed by atoms with van der Waals surface area (Å²) in [5.41, 5.74) is -1.33. The van der Waals surface area contributed by atoms with Gasteiger partial charge < -0.3 is 10.0 Å². The van der Waals surface area contributed by atoms with Crippen molar-refractivity contribution in [2.24, 2.45) is 11.1 Å². The van der Waals surface area contributed by atoms with E-state index < -0.39 is 27.4 Å². The lowest BCUT2D eigenvalue weighted by molar-refractivity contribution is -0.154. The fourth-order valence-corrected chi connectivity index (χ4v) is 2.76. The van der Waals surface area contributed by atoms with Crippen molar-refractivity contribution < 1.29 is 23.1 Å². The van der Waals surface area contributed by atoms with E-state index in [9.17, 15) is 18.0 Å². The minimum Gasteiger partial charge on any atom is -0.480 e. The second-order valence-electron chi connectivity index (χ2n) is 4.77.